The lowest BCUT2D eigenvalue weighted by atomic mass is 10.1. The summed E-state index contributed by atoms with van der Waals surface area (Å²) in [6.45, 7) is -0.436. The zero-order chi connectivity index (χ0) is 18.8. The maximum atomic E-state index is 12.3. The van der Waals surface area contributed by atoms with Gasteiger partial charge in [0.15, 0.2) is 0 Å². The van der Waals surface area contributed by atoms with Gasteiger partial charge in [-0.25, -0.2) is 0 Å². The fraction of sp³-hybridized carbons (Fsp3) is 0.125. The topological polar surface area (TPSA) is 114 Å². The predicted octanol–water partition coefficient (Wildman–Crippen LogP) is 3.07. The molecule has 10 heteroatoms. The number of furan rings is 1. The van der Waals surface area contributed by atoms with Crippen molar-refractivity contribution in [3.05, 3.63) is 57.2 Å². The van der Waals surface area contributed by atoms with E-state index in [1.807, 2.05) is 0 Å². The molecular weight excluding hydrogens is 380 g/mol. The SMILES string of the molecule is O=C(O)CN1C(=O)/C(=C/c2ccc(-c3cccc([N+](=O)[O-])c3)o2)SC1S. The molecule has 1 saturated heterocycles. The number of nitro benzene ring substituents is 1. The van der Waals surface area contributed by atoms with Crippen LogP contribution in [-0.4, -0.2) is 38.1 Å². The summed E-state index contributed by atoms with van der Waals surface area (Å²) in [7, 11) is 0. The standard InChI is InChI=1S/C16H12N2O6S2/c19-14(20)8-17-15(21)13(26-16(17)25)7-11-4-5-12(24-11)9-2-1-3-10(6-9)18(22)23/h1-7,16,25H,8H2,(H,19,20)/b13-7-. The van der Waals surface area contributed by atoms with Gasteiger partial charge in [-0.15, -0.1) is 12.6 Å². The molecule has 0 aliphatic carbocycles. The molecule has 1 aromatic carbocycles. The maximum Gasteiger partial charge on any atom is 0.323 e. The van der Waals surface area contributed by atoms with Crippen molar-refractivity contribution in [3.8, 4) is 11.3 Å². The predicted molar refractivity (Wildman–Crippen MR) is 98.5 cm³/mol. The van der Waals surface area contributed by atoms with Crippen LogP contribution < -0.4 is 0 Å². The number of benzene rings is 1. The van der Waals surface area contributed by atoms with Crippen molar-refractivity contribution >= 4 is 48.0 Å². The van der Waals surface area contributed by atoms with Crippen LogP contribution in [0.5, 0.6) is 0 Å². The molecule has 1 aliphatic rings. The lowest BCUT2D eigenvalue weighted by Gasteiger charge is -2.15. The van der Waals surface area contributed by atoms with Crippen molar-refractivity contribution in [1.29, 1.82) is 0 Å². The summed E-state index contributed by atoms with van der Waals surface area (Å²) in [4.78, 5) is 34.9. The number of carboxylic acid groups (broad SMARTS) is 1. The summed E-state index contributed by atoms with van der Waals surface area (Å²) in [5.41, 5.74) is 0.483. The van der Waals surface area contributed by atoms with Gasteiger partial charge in [-0.05, 0) is 12.1 Å². The Bertz CT molecular complexity index is 923. The van der Waals surface area contributed by atoms with Crippen LogP contribution in [0.1, 0.15) is 5.76 Å². The van der Waals surface area contributed by atoms with E-state index in [-0.39, 0.29) is 5.69 Å². The van der Waals surface area contributed by atoms with E-state index in [9.17, 15) is 19.7 Å². The smallest absolute Gasteiger partial charge is 0.323 e. The number of thioether (sulfide) groups is 1. The number of rotatable bonds is 5. The molecule has 1 amide bonds. The van der Waals surface area contributed by atoms with Crippen molar-refractivity contribution in [1.82, 2.24) is 4.90 Å². The number of hydrogen-bond acceptors (Lipinski definition) is 7. The molecule has 0 spiro atoms. The number of amides is 1. The molecule has 2 heterocycles. The molecule has 1 aliphatic heterocycles. The van der Waals surface area contributed by atoms with E-state index >= 15 is 0 Å². The van der Waals surface area contributed by atoms with Gasteiger partial charge in [0.2, 0.25) is 0 Å². The van der Waals surface area contributed by atoms with Crippen LogP contribution in [0, 0.1) is 10.1 Å². The first-order chi connectivity index (χ1) is 12.3. The van der Waals surface area contributed by atoms with Crippen LogP contribution in [0.2, 0.25) is 0 Å². The number of thiol groups is 1. The number of carboxylic acids is 1. The molecule has 0 bridgehead atoms. The monoisotopic (exact) mass is 392 g/mol. The van der Waals surface area contributed by atoms with E-state index in [0.29, 0.717) is 22.0 Å². The molecule has 134 valence electrons. The lowest BCUT2D eigenvalue weighted by molar-refractivity contribution is -0.384. The van der Waals surface area contributed by atoms with Crippen molar-refractivity contribution < 1.29 is 24.0 Å². The second-order valence-electron chi connectivity index (χ2n) is 5.29. The molecule has 1 atom stereocenters. The van der Waals surface area contributed by atoms with Crippen molar-refractivity contribution in [2.24, 2.45) is 0 Å². The van der Waals surface area contributed by atoms with Crippen LogP contribution in [0.4, 0.5) is 5.69 Å². The zero-order valence-corrected chi connectivity index (χ0v) is 14.8. The minimum atomic E-state index is -1.12. The zero-order valence-electron chi connectivity index (χ0n) is 13.1. The van der Waals surface area contributed by atoms with E-state index in [1.54, 1.807) is 24.3 Å². The van der Waals surface area contributed by atoms with E-state index in [2.05, 4.69) is 12.6 Å². The van der Waals surface area contributed by atoms with Crippen molar-refractivity contribution in [2.75, 3.05) is 6.54 Å². The first-order valence-electron chi connectivity index (χ1n) is 7.29. The normalized spacial score (nSPS) is 18.5. The summed E-state index contributed by atoms with van der Waals surface area (Å²) in [6.07, 6.45) is 1.50. The van der Waals surface area contributed by atoms with E-state index in [0.717, 1.165) is 16.7 Å². The van der Waals surface area contributed by atoms with Crippen LogP contribution >= 0.6 is 24.4 Å². The Morgan fingerprint density at radius 1 is 1.42 bits per heavy atom. The Balaban J connectivity index is 1.83. The molecule has 26 heavy (non-hydrogen) atoms. The highest BCUT2D eigenvalue weighted by molar-refractivity contribution is 8.14. The molecule has 0 radical (unpaired) electrons. The largest absolute Gasteiger partial charge is 0.480 e. The van der Waals surface area contributed by atoms with Gasteiger partial charge in [0.1, 0.15) is 22.8 Å². The van der Waals surface area contributed by atoms with Crippen LogP contribution in [-0.2, 0) is 9.59 Å². The van der Waals surface area contributed by atoms with Gasteiger partial charge in [-0.3, -0.25) is 19.7 Å². The van der Waals surface area contributed by atoms with Gasteiger partial charge in [0.25, 0.3) is 11.6 Å². The highest BCUT2D eigenvalue weighted by Crippen LogP contribution is 2.38. The van der Waals surface area contributed by atoms with Gasteiger partial charge < -0.3 is 14.4 Å². The van der Waals surface area contributed by atoms with Crippen LogP contribution in [0.25, 0.3) is 17.4 Å². The fourth-order valence-electron chi connectivity index (χ4n) is 2.35. The molecule has 1 N–H and O–H groups in total. The second-order valence-corrected chi connectivity index (χ2v) is 7.25. The van der Waals surface area contributed by atoms with Crippen LogP contribution in [0.3, 0.4) is 0 Å². The molecule has 1 fully saturated rings. The Morgan fingerprint density at radius 3 is 2.88 bits per heavy atom. The number of nitro groups is 1. The minimum Gasteiger partial charge on any atom is -0.480 e. The van der Waals surface area contributed by atoms with Gasteiger partial charge in [0, 0.05) is 23.8 Å². The number of non-ortho nitro benzene ring substituents is 1. The molecular formula is C16H12N2O6S2. The number of nitrogens with zero attached hydrogens (tertiary/aromatic N) is 2. The van der Waals surface area contributed by atoms with Gasteiger partial charge in [0.05, 0.1) is 9.83 Å². The molecule has 1 unspecified atom stereocenters. The average Bonchev–Trinajstić information content (AvgIpc) is 3.15. The van der Waals surface area contributed by atoms with E-state index in [1.165, 1.54) is 18.2 Å². The highest BCUT2D eigenvalue weighted by Gasteiger charge is 2.35. The summed E-state index contributed by atoms with van der Waals surface area (Å²) < 4.78 is 5.05. The summed E-state index contributed by atoms with van der Waals surface area (Å²) >= 11 is 5.33. The summed E-state index contributed by atoms with van der Waals surface area (Å²) in [5.74, 6) is -0.767. The Kier molecular flexibility index (Phi) is 5.05. The molecule has 1 aromatic heterocycles. The van der Waals surface area contributed by atoms with Gasteiger partial charge in [-0.1, -0.05) is 23.9 Å². The summed E-state index contributed by atoms with van der Waals surface area (Å²) in [5, 5.41) is 19.7. The molecule has 2 aromatic rings. The average molecular weight is 392 g/mol. The van der Waals surface area contributed by atoms with Crippen molar-refractivity contribution in [2.45, 2.75) is 4.71 Å². The minimum absolute atomic E-state index is 0.0532. The highest BCUT2D eigenvalue weighted by atomic mass is 32.2. The molecule has 3 rings (SSSR count). The maximum absolute atomic E-state index is 12.3. The fourth-order valence-corrected chi connectivity index (χ4v) is 3.80. The van der Waals surface area contributed by atoms with Crippen LogP contribution in [0.15, 0.2) is 45.7 Å². The number of hydrogen-bond donors (Lipinski definition) is 2. The summed E-state index contributed by atoms with van der Waals surface area (Å²) in [6, 6.07) is 9.28. The number of carbonyl (C=O) groups excluding carboxylic acids is 1. The third kappa shape index (κ3) is 3.75. The van der Waals surface area contributed by atoms with E-state index < -0.39 is 28.1 Å². The lowest BCUT2D eigenvalue weighted by Crippen LogP contribution is -2.34. The Morgan fingerprint density at radius 2 is 2.19 bits per heavy atom. The third-order valence-electron chi connectivity index (χ3n) is 3.52. The van der Waals surface area contributed by atoms with Crippen molar-refractivity contribution in [3.63, 3.8) is 0 Å². The first kappa shape index (κ1) is 18.1. The Labute approximate surface area is 157 Å². The number of carbonyl (C=O) groups is 2. The van der Waals surface area contributed by atoms with E-state index in [4.69, 9.17) is 9.52 Å². The Hall–Kier alpha value is -2.72. The number of aliphatic carboxylic acids is 1. The van der Waals surface area contributed by atoms with Gasteiger partial charge >= 0.3 is 5.97 Å². The first-order valence-corrected chi connectivity index (χ1v) is 8.68. The second kappa shape index (κ2) is 7.26. The molecule has 8 nitrogen and oxygen atoms in total. The van der Waals surface area contributed by atoms with Gasteiger partial charge in [-0.2, -0.15) is 0 Å². The quantitative estimate of drug-likeness (QED) is 0.348. The third-order valence-corrected chi connectivity index (χ3v) is 5.12. The molecule has 0 saturated carbocycles.